The minimum atomic E-state index is 0.554. The maximum Gasteiger partial charge on any atom is 0.238 e. The molecule has 0 saturated carbocycles. The first-order valence-electron chi connectivity index (χ1n) is 22.8. The predicted octanol–water partition coefficient (Wildman–Crippen LogP) is 14.9. The first kappa shape index (κ1) is 39.1. The molecule has 0 N–H and O–H groups in total. The summed E-state index contributed by atoms with van der Waals surface area (Å²) in [7, 11) is 0. The number of fused-ring (bicyclic) bond motifs is 6. The standard InChI is InChI=1S/C61H39N7/c1-5-19-40(20-6-1)41-33-35-43(36-34-41)52-39-51(42-21-7-2-8-22-42)62-60(63-52)48-29-15-18-32-55(48)67-53-30-16-13-27-46(53)49-38-57-50(37-56(49)67)47-28-14-17-31-54(47)68(57)61-65-58(44-23-9-3-10-24-44)64-59(66-61)45-25-11-4-12-26-45/h1-39H. The van der Waals surface area contributed by atoms with Crippen LogP contribution < -0.4 is 0 Å². The molecule has 0 atom stereocenters. The molecule has 0 bridgehead atoms. The minimum absolute atomic E-state index is 0.554. The van der Waals surface area contributed by atoms with E-state index in [4.69, 9.17) is 24.9 Å². The van der Waals surface area contributed by atoms with Gasteiger partial charge in [-0.05, 0) is 53.6 Å². The van der Waals surface area contributed by atoms with E-state index in [9.17, 15) is 0 Å². The summed E-state index contributed by atoms with van der Waals surface area (Å²) in [5.74, 6) is 2.42. The molecular formula is C61H39N7. The lowest BCUT2D eigenvalue weighted by Crippen LogP contribution is -2.06. The Morgan fingerprint density at radius 2 is 0.662 bits per heavy atom. The number of aromatic nitrogens is 7. The van der Waals surface area contributed by atoms with E-state index >= 15 is 0 Å². The van der Waals surface area contributed by atoms with Gasteiger partial charge in [0, 0.05) is 49.4 Å². The summed E-state index contributed by atoms with van der Waals surface area (Å²) >= 11 is 0. The van der Waals surface area contributed by atoms with E-state index in [0.717, 1.165) is 94.1 Å². The Hall–Kier alpha value is -9.33. The van der Waals surface area contributed by atoms with Crippen molar-refractivity contribution in [2.75, 3.05) is 0 Å². The van der Waals surface area contributed by atoms with Crippen molar-refractivity contribution in [1.29, 1.82) is 0 Å². The first-order valence-corrected chi connectivity index (χ1v) is 22.8. The SMILES string of the molecule is c1ccc(-c2ccc(-c3cc(-c4ccccc4)nc(-c4ccccc4-n4c5ccccc5c5cc6c(cc54)c4ccccc4n6-c4nc(-c5ccccc5)nc(-c5ccccc5)n4)n3)cc2)cc1. The van der Waals surface area contributed by atoms with Crippen LogP contribution in [0.25, 0.3) is 123 Å². The summed E-state index contributed by atoms with van der Waals surface area (Å²) < 4.78 is 4.57. The molecule has 0 saturated heterocycles. The highest BCUT2D eigenvalue weighted by atomic mass is 15.2. The highest BCUT2D eigenvalue weighted by molar-refractivity contribution is 6.19. The van der Waals surface area contributed by atoms with E-state index in [0.29, 0.717) is 23.4 Å². The Bertz CT molecular complexity index is 3940. The van der Waals surface area contributed by atoms with Gasteiger partial charge in [-0.15, -0.1) is 0 Å². The van der Waals surface area contributed by atoms with Gasteiger partial charge in [0.1, 0.15) is 0 Å². The zero-order valence-electron chi connectivity index (χ0n) is 36.6. The molecule has 7 heteroatoms. The quantitative estimate of drug-likeness (QED) is 0.152. The number of para-hydroxylation sites is 3. The Morgan fingerprint density at radius 3 is 1.24 bits per heavy atom. The van der Waals surface area contributed by atoms with Crippen LogP contribution in [-0.4, -0.2) is 34.1 Å². The highest BCUT2D eigenvalue weighted by Crippen LogP contribution is 2.41. The lowest BCUT2D eigenvalue weighted by molar-refractivity contribution is 0.954. The summed E-state index contributed by atoms with van der Waals surface area (Å²) in [6.07, 6.45) is 0. The lowest BCUT2D eigenvalue weighted by atomic mass is 10.0. The highest BCUT2D eigenvalue weighted by Gasteiger charge is 2.23. The van der Waals surface area contributed by atoms with Crippen molar-refractivity contribution in [2.24, 2.45) is 0 Å². The number of nitrogens with zero attached hydrogens (tertiary/aromatic N) is 7. The smallest absolute Gasteiger partial charge is 0.238 e. The summed E-state index contributed by atoms with van der Waals surface area (Å²) in [5.41, 5.74) is 14.0. The molecule has 4 aromatic heterocycles. The number of rotatable bonds is 8. The Morgan fingerprint density at radius 1 is 0.250 bits per heavy atom. The fourth-order valence-electron chi connectivity index (χ4n) is 9.60. The van der Waals surface area contributed by atoms with Gasteiger partial charge in [-0.1, -0.05) is 194 Å². The molecule has 7 nitrogen and oxygen atoms in total. The van der Waals surface area contributed by atoms with Gasteiger partial charge in [0.25, 0.3) is 0 Å². The van der Waals surface area contributed by atoms with Gasteiger partial charge in [-0.2, -0.15) is 9.97 Å². The van der Waals surface area contributed by atoms with Crippen molar-refractivity contribution in [2.45, 2.75) is 0 Å². The van der Waals surface area contributed by atoms with Crippen LogP contribution in [0, 0.1) is 0 Å². The monoisotopic (exact) mass is 869 g/mol. The van der Waals surface area contributed by atoms with Crippen LogP contribution in [0.2, 0.25) is 0 Å². The third-order valence-electron chi connectivity index (χ3n) is 12.8. The normalized spacial score (nSPS) is 11.5. The number of benzene rings is 9. The van der Waals surface area contributed by atoms with Crippen molar-refractivity contribution in [1.82, 2.24) is 34.1 Å². The van der Waals surface area contributed by atoms with Crippen LogP contribution in [0.1, 0.15) is 0 Å². The summed E-state index contributed by atoms with van der Waals surface area (Å²) in [6, 6.07) is 82.2. The molecule has 0 radical (unpaired) electrons. The van der Waals surface area contributed by atoms with E-state index < -0.39 is 0 Å². The summed E-state index contributed by atoms with van der Waals surface area (Å²) in [6.45, 7) is 0. The second-order valence-corrected chi connectivity index (χ2v) is 16.9. The maximum atomic E-state index is 5.37. The average molecular weight is 870 g/mol. The number of hydrogen-bond acceptors (Lipinski definition) is 5. The van der Waals surface area contributed by atoms with Crippen LogP contribution in [0.4, 0.5) is 0 Å². The average Bonchev–Trinajstić information content (AvgIpc) is 3.92. The van der Waals surface area contributed by atoms with Crippen LogP contribution in [0.3, 0.4) is 0 Å². The van der Waals surface area contributed by atoms with Crippen LogP contribution in [-0.2, 0) is 0 Å². The topological polar surface area (TPSA) is 74.3 Å². The van der Waals surface area contributed by atoms with Crippen molar-refractivity contribution >= 4 is 43.6 Å². The van der Waals surface area contributed by atoms with Gasteiger partial charge in [-0.25, -0.2) is 15.0 Å². The summed E-state index contributed by atoms with van der Waals surface area (Å²) in [4.78, 5) is 26.1. The van der Waals surface area contributed by atoms with Crippen molar-refractivity contribution in [3.05, 3.63) is 237 Å². The molecule has 0 aliphatic rings. The third-order valence-corrected chi connectivity index (χ3v) is 12.8. The molecule has 0 unspecified atom stereocenters. The minimum Gasteiger partial charge on any atom is -0.308 e. The van der Waals surface area contributed by atoms with Crippen LogP contribution >= 0.6 is 0 Å². The largest absolute Gasteiger partial charge is 0.308 e. The molecule has 318 valence electrons. The number of hydrogen-bond donors (Lipinski definition) is 0. The molecule has 13 rings (SSSR count). The second kappa shape index (κ2) is 16.3. The zero-order chi connectivity index (χ0) is 45.0. The molecule has 0 spiro atoms. The predicted molar refractivity (Wildman–Crippen MR) is 277 cm³/mol. The molecular weight excluding hydrogens is 831 g/mol. The molecule has 9 aromatic carbocycles. The van der Waals surface area contributed by atoms with Crippen LogP contribution in [0.15, 0.2) is 237 Å². The Balaban J connectivity index is 1.03. The maximum absolute atomic E-state index is 5.37. The molecule has 13 aromatic rings. The second-order valence-electron chi connectivity index (χ2n) is 16.9. The molecule has 0 aliphatic heterocycles. The molecule has 68 heavy (non-hydrogen) atoms. The fourth-order valence-corrected chi connectivity index (χ4v) is 9.60. The summed E-state index contributed by atoms with van der Waals surface area (Å²) in [5, 5.41) is 4.41. The third kappa shape index (κ3) is 6.72. The van der Waals surface area contributed by atoms with Gasteiger partial charge < -0.3 is 4.57 Å². The van der Waals surface area contributed by atoms with E-state index in [2.05, 4.69) is 173 Å². The van der Waals surface area contributed by atoms with Gasteiger partial charge in [0.2, 0.25) is 5.95 Å². The fraction of sp³-hybridized carbons (Fsp3) is 0. The Kier molecular flexibility index (Phi) is 9.35. The molecule has 4 heterocycles. The van der Waals surface area contributed by atoms with E-state index in [1.165, 1.54) is 5.56 Å². The molecule has 0 aliphatic carbocycles. The van der Waals surface area contributed by atoms with Crippen molar-refractivity contribution in [3.8, 4) is 79.4 Å². The lowest BCUT2D eigenvalue weighted by Gasteiger charge is -2.15. The Labute approximate surface area is 392 Å². The van der Waals surface area contributed by atoms with Crippen molar-refractivity contribution < 1.29 is 0 Å². The van der Waals surface area contributed by atoms with E-state index in [1.54, 1.807) is 0 Å². The van der Waals surface area contributed by atoms with Gasteiger partial charge in [0.05, 0.1) is 39.1 Å². The molecule has 0 fully saturated rings. The van der Waals surface area contributed by atoms with Crippen molar-refractivity contribution in [3.63, 3.8) is 0 Å². The van der Waals surface area contributed by atoms with E-state index in [-0.39, 0.29) is 0 Å². The van der Waals surface area contributed by atoms with Crippen LogP contribution in [0.5, 0.6) is 0 Å². The van der Waals surface area contributed by atoms with E-state index in [1.807, 2.05) is 72.8 Å². The van der Waals surface area contributed by atoms with Gasteiger partial charge in [0.15, 0.2) is 17.5 Å². The molecule has 0 amide bonds. The van der Waals surface area contributed by atoms with Gasteiger partial charge in [-0.3, -0.25) is 4.57 Å². The van der Waals surface area contributed by atoms with Gasteiger partial charge >= 0.3 is 0 Å². The zero-order valence-corrected chi connectivity index (χ0v) is 36.6. The first-order chi connectivity index (χ1) is 33.7.